The predicted octanol–water partition coefficient (Wildman–Crippen LogP) is 3.68. The topological polar surface area (TPSA) is 90.7 Å². The highest BCUT2D eigenvalue weighted by atomic mass is 35.5. The summed E-state index contributed by atoms with van der Waals surface area (Å²) in [6.07, 6.45) is 1.29. The maximum Gasteiger partial charge on any atom is 0.270 e. The Labute approximate surface area is 155 Å². The Morgan fingerprint density at radius 1 is 1.12 bits per heavy atom. The van der Waals surface area contributed by atoms with Crippen molar-refractivity contribution in [1.82, 2.24) is 15.3 Å². The molecule has 1 heterocycles. The second-order valence-electron chi connectivity index (χ2n) is 5.34. The van der Waals surface area contributed by atoms with E-state index in [2.05, 4.69) is 26.7 Å². The van der Waals surface area contributed by atoms with Gasteiger partial charge in [-0.2, -0.15) is 5.26 Å². The largest absolute Gasteiger partial charge is 0.347 e. The number of amides is 1. The molecule has 1 aromatic heterocycles. The molecular weight excluding hydrogens is 350 g/mol. The van der Waals surface area contributed by atoms with Crippen molar-refractivity contribution < 1.29 is 4.79 Å². The van der Waals surface area contributed by atoms with E-state index in [0.29, 0.717) is 28.6 Å². The number of nitriles is 1. The van der Waals surface area contributed by atoms with E-state index in [1.54, 1.807) is 24.3 Å². The van der Waals surface area contributed by atoms with Crippen LogP contribution in [0.3, 0.4) is 0 Å². The molecule has 2 aromatic carbocycles. The summed E-state index contributed by atoms with van der Waals surface area (Å²) in [6.45, 7) is 0.294. The van der Waals surface area contributed by atoms with Gasteiger partial charge in [-0.3, -0.25) is 4.79 Å². The summed E-state index contributed by atoms with van der Waals surface area (Å²) in [7, 11) is 0. The smallest absolute Gasteiger partial charge is 0.270 e. The highest BCUT2D eigenvalue weighted by Gasteiger charge is 2.10. The van der Waals surface area contributed by atoms with E-state index in [9.17, 15) is 4.79 Å². The van der Waals surface area contributed by atoms with Gasteiger partial charge in [0.25, 0.3) is 5.91 Å². The maximum absolute atomic E-state index is 12.3. The molecule has 26 heavy (non-hydrogen) atoms. The highest BCUT2D eigenvalue weighted by molar-refractivity contribution is 6.31. The van der Waals surface area contributed by atoms with Crippen molar-refractivity contribution in [2.24, 2.45) is 0 Å². The number of nitrogens with zero attached hydrogens (tertiary/aromatic N) is 3. The minimum atomic E-state index is -0.344. The van der Waals surface area contributed by atoms with E-state index in [4.69, 9.17) is 16.9 Å². The first kappa shape index (κ1) is 17.4. The molecule has 0 aliphatic heterocycles. The zero-order chi connectivity index (χ0) is 18.4. The first-order chi connectivity index (χ1) is 12.7. The van der Waals surface area contributed by atoms with Crippen LogP contribution in [0.2, 0.25) is 5.02 Å². The van der Waals surface area contributed by atoms with E-state index in [1.165, 1.54) is 12.4 Å². The molecule has 0 radical (unpaired) electrons. The molecule has 6 nitrogen and oxygen atoms in total. The molecule has 0 fully saturated rings. The monoisotopic (exact) mass is 363 g/mol. The van der Waals surface area contributed by atoms with Crippen molar-refractivity contribution >= 4 is 29.0 Å². The quantitative estimate of drug-likeness (QED) is 0.721. The normalized spacial score (nSPS) is 10.0. The lowest BCUT2D eigenvalue weighted by Gasteiger charge is -2.09. The minimum absolute atomic E-state index is 0.212. The first-order valence-corrected chi connectivity index (χ1v) is 8.15. The molecule has 1 amide bonds. The summed E-state index contributed by atoms with van der Waals surface area (Å²) in [5, 5.41) is 15.5. The summed E-state index contributed by atoms with van der Waals surface area (Å²) in [5.41, 5.74) is 2.12. The second-order valence-corrected chi connectivity index (χ2v) is 5.75. The number of hydrogen-bond donors (Lipinski definition) is 2. The van der Waals surface area contributed by atoms with Gasteiger partial charge in [0.2, 0.25) is 0 Å². The molecule has 0 aliphatic carbocycles. The van der Waals surface area contributed by atoms with E-state index >= 15 is 0 Å². The van der Waals surface area contributed by atoms with Gasteiger partial charge >= 0.3 is 0 Å². The van der Waals surface area contributed by atoms with Crippen LogP contribution >= 0.6 is 11.6 Å². The Balaban J connectivity index is 1.71. The lowest BCUT2D eigenvalue weighted by molar-refractivity contribution is 0.0946. The third kappa shape index (κ3) is 4.15. The van der Waals surface area contributed by atoms with Crippen LogP contribution in [0.15, 0.2) is 60.9 Å². The molecule has 0 saturated heterocycles. The molecule has 3 aromatic rings. The number of hydrogen-bond acceptors (Lipinski definition) is 5. The van der Waals surface area contributed by atoms with Crippen LogP contribution in [0.25, 0.3) is 0 Å². The van der Waals surface area contributed by atoms with Crippen molar-refractivity contribution in [3.63, 3.8) is 0 Å². The number of para-hydroxylation sites is 1. The summed E-state index contributed by atoms with van der Waals surface area (Å²) in [6, 6.07) is 18.0. The van der Waals surface area contributed by atoms with Gasteiger partial charge in [0.15, 0.2) is 0 Å². The average Bonchev–Trinajstić information content (AvgIpc) is 2.68. The molecule has 128 valence electrons. The van der Waals surface area contributed by atoms with Gasteiger partial charge in [0.1, 0.15) is 23.9 Å². The third-order valence-corrected chi connectivity index (χ3v) is 3.98. The lowest BCUT2D eigenvalue weighted by Crippen LogP contribution is -2.24. The van der Waals surface area contributed by atoms with Gasteiger partial charge in [-0.25, -0.2) is 9.97 Å². The molecular formula is C19H14ClN5O. The third-order valence-electron chi connectivity index (χ3n) is 3.61. The predicted molar refractivity (Wildman–Crippen MR) is 99.1 cm³/mol. The van der Waals surface area contributed by atoms with Gasteiger partial charge in [-0.15, -0.1) is 0 Å². The minimum Gasteiger partial charge on any atom is -0.347 e. The summed E-state index contributed by atoms with van der Waals surface area (Å²) < 4.78 is 0. The number of carbonyl (C=O) groups excluding carboxylic acids is 1. The summed E-state index contributed by atoms with van der Waals surface area (Å²) >= 11 is 6.08. The molecule has 2 N–H and O–H groups in total. The fourth-order valence-corrected chi connectivity index (χ4v) is 2.49. The van der Waals surface area contributed by atoms with Gasteiger partial charge in [-0.05, 0) is 23.8 Å². The highest BCUT2D eigenvalue weighted by Crippen LogP contribution is 2.19. The molecule has 7 heteroatoms. The van der Waals surface area contributed by atoms with Crippen LogP contribution in [-0.4, -0.2) is 15.9 Å². The van der Waals surface area contributed by atoms with Gasteiger partial charge < -0.3 is 10.6 Å². The van der Waals surface area contributed by atoms with E-state index in [0.717, 1.165) is 5.56 Å². The fourth-order valence-electron chi connectivity index (χ4n) is 2.29. The van der Waals surface area contributed by atoms with Crippen molar-refractivity contribution in [2.45, 2.75) is 6.54 Å². The number of anilines is 2. The maximum atomic E-state index is 12.3. The van der Waals surface area contributed by atoms with Crippen LogP contribution in [0.4, 0.5) is 11.5 Å². The Hall–Kier alpha value is -3.43. The summed E-state index contributed by atoms with van der Waals surface area (Å²) in [5.74, 6) is 0.0783. The average molecular weight is 364 g/mol. The van der Waals surface area contributed by atoms with Crippen LogP contribution in [-0.2, 0) is 6.54 Å². The van der Waals surface area contributed by atoms with Crippen LogP contribution in [0.1, 0.15) is 21.6 Å². The molecule has 0 saturated carbocycles. The Bertz CT molecular complexity index is 983. The SMILES string of the molecule is N#Cc1ccccc1Nc1cc(C(=O)NCc2ccccc2Cl)ncn1. The van der Waals surface area contributed by atoms with Crippen LogP contribution in [0.5, 0.6) is 0 Å². The lowest BCUT2D eigenvalue weighted by atomic mass is 10.2. The van der Waals surface area contributed by atoms with Crippen LogP contribution < -0.4 is 10.6 Å². The van der Waals surface area contributed by atoms with Crippen LogP contribution in [0, 0.1) is 11.3 Å². The van der Waals surface area contributed by atoms with E-state index in [-0.39, 0.29) is 11.6 Å². The summed E-state index contributed by atoms with van der Waals surface area (Å²) in [4.78, 5) is 20.4. The number of nitrogens with one attached hydrogen (secondary N) is 2. The Morgan fingerprint density at radius 3 is 2.69 bits per heavy atom. The van der Waals surface area contributed by atoms with Crippen molar-refractivity contribution in [3.05, 3.63) is 82.8 Å². The van der Waals surface area contributed by atoms with Gasteiger partial charge in [0.05, 0.1) is 11.3 Å². The molecule has 0 spiro atoms. The van der Waals surface area contributed by atoms with Crippen molar-refractivity contribution in [3.8, 4) is 6.07 Å². The number of rotatable bonds is 5. The standard InChI is InChI=1S/C19H14ClN5O/c20-15-7-3-1-6-14(15)11-22-19(26)17-9-18(24-12-23-17)25-16-8-4-2-5-13(16)10-21/h1-9,12H,11H2,(H,22,26)(H,23,24,25). The number of aromatic nitrogens is 2. The Kier molecular flexibility index (Phi) is 5.42. The molecule has 0 aliphatic rings. The van der Waals surface area contributed by atoms with E-state index in [1.807, 2.05) is 24.3 Å². The van der Waals surface area contributed by atoms with Crippen molar-refractivity contribution in [1.29, 1.82) is 5.26 Å². The Morgan fingerprint density at radius 2 is 1.88 bits per heavy atom. The van der Waals surface area contributed by atoms with E-state index < -0.39 is 0 Å². The second kappa shape index (κ2) is 8.10. The molecule has 0 unspecified atom stereocenters. The molecule has 3 rings (SSSR count). The fraction of sp³-hybridized carbons (Fsp3) is 0.0526. The molecule has 0 atom stereocenters. The van der Waals surface area contributed by atoms with Gasteiger partial charge in [-0.1, -0.05) is 41.9 Å². The number of halogens is 1. The van der Waals surface area contributed by atoms with Gasteiger partial charge in [0, 0.05) is 17.6 Å². The number of benzene rings is 2. The van der Waals surface area contributed by atoms with Crippen molar-refractivity contribution in [2.75, 3.05) is 5.32 Å². The zero-order valence-electron chi connectivity index (χ0n) is 13.6. The number of carbonyl (C=O) groups is 1. The molecule has 0 bridgehead atoms. The first-order valence-electron chi connectivity index (χ1n) is 7.77. The zero-order valence-corrected chi connectivity index (χ0v) is 14.4.